The van der Waals surface area contributed by atoms with Crippen molar-refractivity contribution in [1.82, 2.24) is 19.7 Å². The number of methoxy groups -OCH3 is 2. The molecule has 0 fully saturated rings. The SMILES string of the molecule is COc1ccc(OC)c(C=NNc2ncnc3c2cnn3-c2ccccc2)c1. The quantitative estimate of drug-likeness (QED) is 0.412. The van der Waals surface area contributed by atoms with Gasteiger partial charge in [-0.15, -0.1) is 0 Å². The molecule has 140 valence electrons. The van der Waals surface area contributed by atoms with Crippen molar-refractivity contribution >= 4 is 23.1 Å². The van der Waals surface area contributed by atoms with Gasteiger partial charge in [0, 0.05) is 5.56 Å². The highest BCUT2D eigenvalue weighted by atomic mass is 16.5. The minimum Gasteiger partial charge on any atom is -0.497 e. The summed E-state index contributed by atoms with van der Waals surface area (Å²) in [4.78, 5) is 8.63. The summed E-state index contributed by atoms with van der Waals surface area (Å²) in [6.45, 7) is 0. The van der Waals surface area contributed by atoms with Crippen molar-refractivity contribution in [1.29, 1.82) is 0 Å². The predicted molar refractivity (Wildman–Crippen MR) is 107 cm³/mol. The van der Waals surface area contributed by atoms with E-state index in [0.717, 1.165) is 22.4 Å². The molecule has 1 N–H and O–H groups in total. The highest BCUT2D eigenvalue weighted by Crippen LogP contribution is 2.23. The third-order valence-electron chi connectivity index (χ3n) is 4.18. The molecule has 2 aromatic carbocycles. The van der Waals surface area contributed by atoms with Crippen molar-refractivity contribution in [2.75, 3.05) is 19.6 Å². The molecule has 0 amide bonds. The first-order valence-corrected chi connectivity index (χ1v) is 8.55. The van der Waals surface area contributed by atoms with E-state index in [0.29, 0.717) is 17.2 Å². The minimum atomic E-state index is 0.560. The Morgan fingerprint density at radius 2 is 1.89 bits per heavy atom. The monoisotopic (exact) mass is 374 g/mol. The fourth-order valence-electron chi connectivity index (χ4n) is 2.79. The summed E-state index contributed by atoms with van der Waals surface area (Å²) < 4.78 is 12.4. The highest BCUT2D eigenvalue weighted by molar-refractivity contribution is 5.89. The molecule has 0 saturated carbocycles. The molecular formula is C20H18N6O2. The molecule has 0 aliphatic carbocycles. The van der Waals surface area contributed by atoms with Crippen LogP contribution in [0.25, 0.3) is 16.7 Å². The van der Waals surface area contributed by atoms with E-state index in [1.165, 1.54) is 6.33 Å². The van der Waals surface area contributed by atoms with Crippen LogP contribution >= 0.6 is 0 Å². The lowest BCUT2D eigenvalue weighted by Crippen LogP contribution is -1.99. The van der Waals surface area contributed by atoms with Crippen molar-refractivity contribution in [3.05, 3.63) is 66.6 Å². The first-order chi connectivity index (χ1) is 13.8. The van der Waals surface area contributed by atoms with Gasteiger partial charge in [-0.1, -0.05) is 18.2 Å². The Balaban J connectivity index is 1.63. The molecule has 4 aromatic rings. The highest BCUT2D eigenvalue weighted by Gasteiger charge is 2.10. The number of fused-ring (bicyclic) bond motifs is 1. The number of rotatable bonds is 6. The maximum atomic E-state index is 5.36. The third-order valence-corrected chi connectivity index (χ3v) is 4.18. The van der Waals surface area contributed by atoms with Crippen LogP contribution in [0.4, 0.5) is 5.82 Å². The molecule has 2 heterocycles. The zero-order valence-corrected chi connectivity index (χ0v) is 15.4. The maximum Gasteiger partial charge on any atom is 0.168 e. The van der Waals surface area contributed by atoms with E-state index in [9.17, 15) is 0 Å². The van der Waals surface area contributed by atoms with Gasteiger partial charge in [-0.25, -0.2) is 14.6 Å². The van der Waals surface area contributed by atoms with Gasteiger partial charge < -0.3 is 9.47 Å². The first-order valence-electron chi connectivity index (χ1n) is 8.55. The first kappa shape index (κ1) is 17.5. The van der Waals surface area contributed by atoms with E-state index in [2.05, 4.69) is 25.6 Å². The molecule has 0 aliphatic heterocycles. The summed E-state index contributed by atoms with van der Waals surface area (Å²) >= 11 is 0. The van der Waals surface area contributed by atoms with E-state index in [4.69, 9.17) is 9.47 Å². The number of nitrogens with one attached hydrogen (secondary N) is 1. The van der Waals surface area contributed by atoms with Crippen LogP contribution in [-0.2, 0) is 0 Å². The Kier molecular flexibility index (Phi) is 4.83. The number of aromatic nitrogens is 4. The number of hydrogen-bond acceptors (Lipinski definition) is 7. The molecule has 4 rings (SSSR count). The zero-order chi connectivity index (χ0) is 19.3. The largest absolute Gasteiger partial charge is 0.497 e. The number of ether oxygens (including phenoxy) is 2. The Morgan fingerprint density at radius 3 is 2.68 bits per heavy atom. The Hall–Kier alpha value is -3.94. The minimum absolute atomic E-state index is 0.560. The van der Waals surface area contributed by atoms with Gasteiger partial charge >= 0.3 is 0 Å². The topological polar surface area (TPSA) is 86.4 Å². The van der Waals surface area contributed by atoms with E-state index in [1.807, 2.05) is 48.5 Å². The third kappa shape index (κ3) is 3.35. The summed E-state index contributed by atoms with van der Waals surface area (Å²) in [7, 11) is 3.22. The van der Waals surface area contributed by atoms with Gasteiger partial charge in [-0.2, -0.15) is 10.2 Å². The van der Waals surface area contributed by atoms with Crippen LogP contribution in [-0.4, -0.2) is 40.2 Å². The van der Waals surface area contributed by atoms with E-state index >= 15 is 0 Å². The average Bonchev–Trinajstić information content (AvgIpc) is 3.19. The van der Waals surface area contributed by atoms with Gasteiger partial charge in [0.15, 0.2) is 11.5 Å². The van der Waals surface area contributed by atoms with Gasteiger partial charge in [0.05, 0.1) is 37.7 Å². The second kappa shape index (κ2) is 7.75. The van der Waals surface area contributed by atoms with Gasteiger partial charge in [0.1, 0.15) is 17.8 Å². The predicted octanol–water partition coefficient (Wildman–Crippen LogP) is 3.28. The van der Waals surface area contributed by atoms with Gasteiger partial charge in [-0.05, 0) is 30.3 Å². The van der Waals surface area contributed by atoms with Crippen LogP contribution < -0.4 is 14.9 Å². The Bertz CT molecular complexity index is 1120. The van der Waals surface area contributed by atoms with E-state index in [1.54, 1.807) is 31.3 Å². The van der Waals surface area contributed by atoms with Crippen LogP contribution in [0.2, 0.25) is 0 Å². The number of para-hydroxylation sites is 1. The van der Waals surface area contributed by atoms with Crippen molar-refractivity contribution in [3.63, 3.8) is 0 Å². The summed E-state index contributed by atoms with van der Waals surface area (Å²) in [5.74, 6) is 1.97. The van der Waals surface area contributed by atoms with Crippen LogP contribution in [0.1, 0.15) is 5.56 Å². The molecule has 8 heteroatoms. The molecule has 0 saturated heterocycles. The molecule has 0 unspecified atom stereocenters. The normalized spacial score (nSPS) is 11.1. The van der Waals surface area contributed by atoms with Crippen LogP contribution in [0.15, 0.2) is 66.2 Å². The lowest BCUT2D eigenvalue weighted by molar-refractivity contribution is 0.402. The number of anilines is 1. The number of hydrogen-bond donors (Lipinski definition) is 1. The van der Waals surface area contributed by atoms with Crippen LogP contribution in [0, 0.1) is 0 Å². The maximum absolute atomic E-state index is 5.36. The Labute approximate surface area is 161 Å². The van der Waals surface area contributed by atoms with Crippen molar-refractivity contribution in [2.24, 2.45) is 5.10 Å². The van der Waals surface area contributed by atoms with Crippen molar-refractivity contribution in [2.45, 2.75) is 0 Å². The molecule has 28 heavy (non-hydrogen) atoms. The second-order valence-corrected chi connectivity index (χ2v) is 5.83. The van der Waals surface area contributed by atoms with E-state index in [-0.39, 0.29) is 0 Å². The smallest absolute Gasteiger partial charge is 0.168 e. The van der Waals surface area contributed by atoms with Gasteiger partial charge in [0.25, 0.3) is 0 Å². The summed E-state index contributed by atoms with van der Waals surface area (Å²) in [5.41, 5.74) is 5.35. The molecule has 2 aromatic heterocycles. The fourth-order valence-corrected chi connectivity index (χ4v) is 2.79. The average molecular weight is 374 g/mol. The van der Waals surface area contributed by atoms with Crippen LogP contribution in [0.3, 0.4) is 0 Å². The number of hydrazone groups is 1. The standard InChI is InChI=1S/C20H18N6O2/c1-27-16-8-9-18(28-2)14(10-16)11-23-25-19-17-12-24-26(20(17)22-13-21-19)15-6-4-3-5-7-15/h3-13H,1-2H3,(H,21,22,25). The number of nitrogens with zero attached hydrogens (tertiary/aromatic N) is 5. The fraction of sp³-hybridized carbons (Fsp3) is 0.100. The molecule has 0 spiro atoms. The summed E-state index contributed by atoms with van der Waals surface area (Å²) in [5, 5.41) is 9.48. The molecular weight excluding hydrogens is 356 g/mol. The zero-order valence-electron chi connectivity index (χ0n) is 15.4. The van der Waals surface area contributed by atoms with E-state index < -0.39 is 0 Å². The lowest BCUT2D eigenvalue weighted by atomic mass is 10.2. The molecule has 0 aliphatic rings. The van der Waals surface area contributed by atoms with Gasteiger partial charge in [0.2, 0.25) is 0 Å². The van der Waals surface area contributed by atoms with Crippen molar-refractivity contribution in [3.8, 4) is 17.2 Å². The molecule has 0 radical (unpaired) electrons. The van der Waals surface area contributed by atoms with Gasteiger partial charge in [-0.3, -0.25) is 5.43 Å². The molecule has 0 atom stereocenters. The van der Waals surface area contributed by atoms with Crippen molar-refractivity contribution < 1.29 is 9.47 Å². The summed E-state index contributed by atoms with van der Waals surface area (Å²) in [6.07, 6.45) is 4.84. The lowest BCUT2D eigenvalue weighted by Gasteiger charge is -2.07. The summed E-state index contributed by atoms with van der Waals surface area (Å²) in [6, 6.07) is 15.3. The second-order valence-electron chi connectivity index (χ2n) is 5.83. The molecule has 8 nitrogen and oxygen atoms in total. The van der Waals surface area contributed by atoms with Crippen LogP contribution in [0.5, 0.6) is 11.5 Å². The number of benzene rings is 2. The Morgan fingerprint density at radius 1 is 1.04 bits per heavy atom. The molecule has 0 bridgehead atoms.